The fourth-order valence-electron chi connectivity index (χ4n) is 4.47. The number of alkyl halides is 3. The van der Waals surface area contributed by atoms with Gasteiger partial charge in [-0.25, -0.2) is 19.4 Å². The maximum Gasteiger partial charge on any atom is 0.453 e. The highest BCUT2D eigenvalue weighted by Crippen LogP contribution is 2.32. The summed E-state index contributed by atoms with van der Waals surface area (Å²) in [5.41, 5.74) is 0.729. The SMILES string of the molecule is Cc1nc(C(F)(F)F)nn1-c1ccnc(N2CCN(C(O)N3N=CC[C@H]3c3cc(F)cc(C#N)c3)CC2)n1. The predicted molar refractivity (Wildman–Crippen MR) is 125 cm³/mol. The number of aliphatic hydroxyl groups excluding tert-OH is 1. The molecule has 0 aliphatic carbocycles. The van der Waals surface area contributed by atoms with Gasteiger partial charge in [-0.1, -0.05) is 0 Å². The van der Waals surface area contributed by atoms with Crippen molar-refractivity contribution in [1.82, 2.24) is 34.6 Å². The van der Waals surface area contributed by atoms with Crippen molar-refractivity contribution in [2.45, 2.75) is 31.9 Å². The number of piperazine rings is 1. The van der Waals surface area contributed by atoms with Gasteiger partial charge in [0.15, 0.2) is 5.82 Å². The number of hydrogen-bond donors (Lipinski definition) is 1. The highest BCUT2D eigenvalue weighted by Gasteiger charge is 2.37. The van der Waals surface area contributed by atoms with E-state index in [1.54, 1.807) is 17.2 Å². The van der Waals surface area contributed by atoms with E-state index in [0.717, 1.165) is 10.7 Å². The number of aromatic nitrogens is 5. The molecule has 0 bridgehead atoms. The first-order chi connectivity index (χ1) is 18.1. The number of nitrogens with zero attached hydrogens (tertiary/aromatic N) is 10. The molecule has 1 N–H and O–H groups in total. The minimum Gasteiger partial charge on any atom is -0.360 e. The van der Waals surface area contributed by atoms with Gasteiger partial charge in [0.2, 0.25) is 12.3 Å². The monoisotopic (exact) mass is 530 g/mol. The Bertz CT molecular complexity index is 1390. The van der Waals surface area contributed by atoms with Crippen molar-refractivity contribution in [2.75, 3.05) is 31.1 Å². The van der Waals surface area contributed by atoms with Crippen molar-refractivity contribution in [3.8, 4) is 11.9 Å². The Morgan fingerprint density at radius 2 is 1.89 bits per heavy atom. The number of benzene rings is 1. The highest BCUT2D eigenvalue weighted by molar-refractivity contribution is 5.61. The fraction of sp³-hybridized carbons (Fsp3) is 0.391. The first-order valence-corrected chi connectivity index (χ1v) is 11.7. The predicted octanol–water partition coefficient (Wildman–Crippen LogP) is 2.23. The lowest BCUT2D eigenvalue weighted by atomic mass is 10.0. The fourth-order valence-corrected chi connectivity index (χ4v) is 4.47. The number of hydrazone groups is 1. The highest BCUT2D eigenvalue weighted by atomic mass is 19.4. The van der Waals surface area contributed by atoms with Gasteiger partial charge >= 0.3 is 6.18 Å². The molecule has 0 spiro atoms. The molecule has 5 rings (SSSR count). The van der Waals surface area contributed by atoms with Gasteiger partial charge in [0, 0.05) is 51.1 Å². The lowest BCUT2D eigenvalue weighted by Gasteiger charge is -2.41. The minimum atomic E-state index is -4.67. The van der Waals surface area contributed by atoms with E-state index in [0.29, 0.717) is 44.1 Å². The van der Waals surface area contributed by atoms with Crippen LogP contribution in [-0.2, 0) is 6.18 Å². The maximum atomic E-state index is 14.0. The Morgan fingerprint density at radius 3 is 2.58 bits per heavy atom. The van der Waals surface area contributed by atoms with Crippen molar-refractivity contribution in [1.29, 1.82) is 5.26 Å². The van der Waals surface area contributed by atoms with Crippen LogP contribution in [0.1, 0.15) is 35.2 Å². The molecule has 15 heteroatoms. The number of nitriles is 1. The quantitative estimate of drug-likeness (QED) is 0.495. The molecular formula is C23H22F4N10O. The van der Waals surface area contributed by atoms with E-state index in [2.05, 4.69) is 25.2 Å². The second-order valence-corrected chi connectivity index (χ2v) is 8.79. The molecule has 1 fully saturated rings. The maximum absolute atomic E-state index is 14.0. The molecule has 0 amide bonds. The summed E-state index contributed by atoms with van der Waals surface area (Å²) in [5, 5.41) is 29.5. The third kappa shape index (κ3) is 5.00. The second-order valence-electron chi connectivity index (χ2n) is 8.79. The Labute approximate surface area is 214 Å². The summed E-state index contributed by atoms with van der Waals surface area (Å²) in [6, 6.07) is 7.01. The average Bonchev–Trinajstić information content (AvgIpc) is 3.55. The van der Waals surface area contributed by atoms with Gasteiger partial charge in [-0.2, -0.15) is 33.2 Å². The number of anilines is 1. The first kappa shape index (κ1) is 25.5. The molecule has 38 heavy (non-hydrogen) atoms. The lowest BCUT2D eigenvalue weighted by Crippen LogP contribution is -2.55. The van der Waals surface area contributed by atoms with Crippen LogP contribution in [0, 0.1) is 24.1 Å². The summed E-state index contributed by atoms with van der Waals surface area (Å²) in [6.45, 7) is 3.06. The van der Waals surface area contributed by atoms with Crippen LogP contribution in [0.5, 0.6) is 0 Å². The van der Waals surface area contributed by atoms with Crippen LogP contribution in [0.25, 0.3) is 5.82 Å². The van der Waals surface area contributed by atoms with Gasteiger partial charge in [-0.3, -0.25) is 4.90 Å². The number of aliphatic hydroxyl groups is 1. The summed E-state index contributed by atoms with van der Waals surface area (Å²) in [7, 11) is 0. The van der Waals surface area contributed by atoms with Gasteiger partial charge < -0.3 is 10.0 Å². The van der Waals surface area contributed by atoms with E-state index in [4.69, 9.17) is 5.26 Å². The van der Waals surface area contributed by atoms with Crippen molar-refractivity contribution in [2.24, 2.45) is 5.10 Å². The van der Waals surface area contributed by atoms with Crippen LogP contribution in [0.2, 0.25) is 0 Å². The summed E-state index contributed by atoms with van der Waals surface area (Å²) in [6.07, 6.45) is -2.25. The molecule has 11 nitrogen and oxygen atoms in total. The van der Waals surface area contributed by atoms with Crippen LogP contribution in [0.15, 0.2) is 35.6 Å². The largest absolute Gasteiger partial charge is 0.453 e. The van der Waals surface area contributed by atoms with Crippen molar-refractivity contribution in [3.63, 3.8) is 0 Å². The third-order valence-electron chi connectivity index (χ3n) is 6.32. The van der Waals surface area contributed by atoms with Crippen molar-refractivity contribution in [3.05, 3.63) is 59.1 Å². The minimum absolute atomic E-state index is 0.0378. The number of hydrogen-bond acceptors (Lipinski definition) is 10. The van der Waals surface area contributed by atoms with Gasteiger partial charge in [-0.05, 0) is 30.7 Å². The molecule has 4 heterocycles. The molecule has 0 saturated carbocycles. The van der Waals surface area contributed by atoms with E-state index in [-0.39, 0.29) is 17.2 Å². The van der Waals surface area contributed by atoms with E-state index in [1.807, 2.05) is 11.0 Å². The molecule has 198 valence electrons. The summed E-state index contributed by atoms with van der Waals surface area (Å²) in [4.78, 5) is 15.7. The third-order valence-corrected chi connectivity index (χ3v) is 6.32. The zero-order chi connectivity index (χ0) is 27.0. The topological polar surface area (TPSA) is 123 Å². The Morgan fingerprint density at radius 1 is 1.13 bits per heavy atom. The summed E-state index contributed by atoms with van der Waals surface area (Å²) in [5.74, 6) is -1.29. The molecular weight excluding hydrogens is 508 g/mol. The van der Waals surface area contributed by atoms with Crippen LogP contribution in [0.3, 0.4) is 0 Å². The molecule has 1 unspecified atom stereocenters. The summed E-state index contributed by atoms with van der Waals surface area (Å²) < 4.78 is 54.0. The van der Waals surface area contributed by atoms with Crippen LogP contribution >= 0.6 is 0 Å². The molecule has 2 aromatic heterocycles. The molecule has 1 aromatic carbocycles. The van der Waals surface area contributed by atoms with Gasteiger partial charge in [0.1, 0.15) is 11.6 Å². The Kier molecular flexibility index (Phi) is 6.67. The molecule has 3 aromatic rings. The molecule has 1 saturated heterocycles. The van der Waals surface area contributed by atoms with Gasteiger partial charge in [-0.15, -0.1) is 5.10 Å². The normalized spacial score (nSPS) is 19.1. The van der Waals surface area contributed by atoms with Crippen molar-refractivity contribution >= 4 is 12.2 Å². The summed E-state index contributed by atoms with van der Waals surface area (Å²) >= 11 is 0. The van der Waals surface area contributed by atoms with Gasteiger partial charge in [0.25, 0.3) is 5.82 Å². The number of rotatable bonds is 5. The number of aryl methyl sites for hydroxylation is 1. The Hall–Kier alpha value is -4.16. The van der Waals surface area contributed by atoms with Crippen LogP contribution < -0.4 is 4.90 Å². The lowest BCUT2D eigenvalue weighted by molar-refractivity contribution is -0.144. The first-order valence-electron chi connectivity index (χ1n) is 11.7. The molecule has 2 atom stereocenters. The van der Waals surface area contributed by atoms with E-state index in [1.165, 1.54) is 30.3 Å². The number of halogens is 4. The van der Waals surface area contributed by atoms with Crippen LogP contribution in [0.4, 0.5) is 23.5 Å². The van der Waals surface area contributed by atoms with Gasteiger partial charge in [0.05, 0.1) is 17.7 Å². The smallest absolute Gasteiger partial charge is 0.360 e. The zero-order valence-corrected chi connectivity index (χ0v) is 20.1. The molecule has 2 aliphatic heterocycles. The Balaban J connectivity index is 1.27. The van der Waals surface area contributed by atoms with E-state index in [9.17, 15) is 22.7 Å². The zero-order valence-electron chi connectivity index (χ0n) is 20.1. The standard InChI is InChI=1S/C23H22F4N10O/c1-14-31-20(23(25,26)27)33-36(14)19-3-4-29-21(32-19)34-6-8-35(9-7-34)22(38)37-18(2-5-30-37)16-10-15(13-28)11-17(24)12-16/h3-5,10-12,18,22,38H,2,6-9H2,1H3/t18-,22?/m0/s1. The average molecular weight is 530 g/mol. The second kappa shape index (κ2) is 9.95. The molecule has 0 radical (unpaired) electrons. The van der Waals surface area contributed by atoms with E-state index >= 15 is 0 Å². The van der Waals surface area contributed by atoms with E-state index < -0.39 is 30.2 Å². The van der Waals surface area contributed by atoms with Crippen molar-refractivity contribution < 1.29 is 22.7 Å². The molecule has 2 aliphatic rings. The van der Waals surface area contributed by atoms with Crippen LogP contribution in [-0.4, -0.2) is 78.5 Å².